The minimum atomic E-state index is -1.79. The van der Waals surface area contributed by atoms with Crippen LogP contribution in [0.1, 0.15) is 101 Å². The summed E-state index contributed by atoms with van der Waals surface area (Å²) in [5.41, 5.74) is -1.16. The molecule has 0 bridgehead atoms. The maximum atomic E-state index is 14.6. The Kier molecular flexibility index (Phi) is 22.3. The number of benzene rings is 1. The van der Waals surface area contributed by atoms with E-state index < -0.39 is 144 Å². The molecule has 1 aliphatic heterocycles. The molecule has 20 nitrogen and oxygen atoms in total. The number of rotatable bonds is 8. The summed E-state index contributed by atoms with van der Waals surface area (Å²) in [4.78, 5) is 142. The zero-order valence-corrected chi connectivity index (χ0v) is 43.4. The lowest BCUT2D eigenvalue weighted by atomic mass is 9.83. The minimum absolute atomic E-state index is 0.0334. The Labute approximate surface area is 407 Å². The lowest BCUT2D eigenvalue weighted by Crippen LogP contribution is -2.60. The Morgan fingerprint density at radius 3 is 1.71 bits per heavy atom. The van der Waals surface area contributed by atoms with Gasteiger partial charge in [-0.25, -0.2) is 0 Å². The van der Waals surface area contributed by atoms with Crippen LogP contribution in [-0.4, -0.2) is 157 Å². The number of nitrogens with one attached hydrogen (secondary N) is 5. The van der Waals surface area contributed by atoms with Gasteiger partial charge in [0.15, 0.2) is 11.9 Å². The van der Waals surface area contributed by atoms with Crippen molar-refractivity contribution >= 4 is 59.0 Å². The molecule has 0 aromatic heterocycles. The second kappa shape index (κ2) is 26.1. The Morgan fingerprint density at radius 1 is 0.681 bits per heavy atom. The van der Waals surface area contributed by atoms with Gasteiger partial charge in [-0.05, 0) is 76.5 Å². The average molecular weight is 971 g/mol. The summed E-state index contributed by atoms with van der Waals surface area (Å²) in [6.07, 6.45) is -0.668. The number of ketones is 1. The number of hydrogen-bond donors (Lipinski definition) is 5. The third-order valence-electron chi connectivity index (χ3n) is 13.0. The molecule has 386 valence electrons. The van der Waals surface area contributed by atoms with Crippen molar-refractivity contribution < 1.29 is 57.4 Å². The van der Waals surface area contributed by atoms with Gasteiger partial charge in [0.25, 0.3) is 5.91 Å². The van der Waals surface area contributed by atoms with E-state index in [9.17, 15) is 47.9 Å². The number of Topliss-reactive ketones (excluding diaryl/α,β-unsaturated/α-hetero) is 1. The minimum Gasteiger partial charge on any atom is -0.497 e. The average Bonchev–Trinajstić information content (AvgIpc) is 3.30. The highest BCUT2D eigenvalue weighted by atomic mass is 16.5. The van der Waals surface area contributed by atoms with Gasteiger partial charge < -0.3 is 50.8 Å². The fraction of sp³-hybridized carbons (Fsp3) is 0.673. The summed E-state index contributed by atoms with van der Waals surface area (Å²) in [5, 5.41) is 13.1. The van der Waals surface area contributed by atoms with Crippen LogP contribution in [0.5, 0.6) is 5.75 Å². The zero-order chi connectivity index (χ0) is 52.8. The van der Waals surface area contributed by atoms with E-state index in [4.69, 9.17) is 9.47 Å². The maximum Gasteiger partial charge on any atom is 0.311 e. The molecule has 0 aliphatic carbocycles. The quantitative estimate of drug-likeness (QED) is 0.183. The SMILES string of the molecule is CC[C@H](C)[C@H]1C(=O)NCC(=O)N(C)C(C(C)C)C(=O)N(C)[C@@H](Cc2ccc(OC)cc2)C(=O)N[C@@H](C)C(=O)C(C)(C)C(=O)N[C@H](C)C(=O)N[C@H](CC)[C@H](C)C(=O)O[C@@H](C(C)C)C(=O)NCC(=O)N1C. The number of ether oxygens (including phenoxy) is 2. The van der Waals surface area contributed by atoms with Crippen molar-refractivity contribution in [2.24, 2.45) is 29.1 Å². The first-order chi connectivity index (χ1) is 32.1. The first-order valence-electron chi connectivity index (χ1n) is 23.7. The van der Waals surface area contributed by atoms with E-state index in [2.05, 4.69) is 26.6 Å². The third kappa shape index (κ3) is 15.5. The fourth-order valence-corrected chi connectivity index (χ4v) is 8.03. The van der Waals surface area contributed by atoms with Gasteiger partial charge in [-0.15, -0.1) is 0 Å². The van der Waals surface area contributed by atoms with Crippen LogP contribution in [0.3, 0.4) is 0 Å². The normalized spacial score (nSPS) is 27.0. The molecular weight excluding hydrogens is 893 g/mol. The summed E-state index contributed by atoms with van der Waals surface area (Å²) >= 11 is 0. The van der Waals surface area contributed by atoms with Gasteiger partial charge >= 0.3 is 5.97 Å². The molecule has 1 aromatic rings. The van der Waals surface area contributed by atoms with Crippen LogP contribution in [0.4, 0.5) is 0 Å². The zero-order valence-electron chi connectivity index (χ0n) is 43.4. The lowest BCUT2D eigenvalue weighted by Gasteiger charge is -2.37. The van der Waals surface area contributed by atoms with Crippen LogP contribution in [0, 0.1) is 29.1 Å². The molecule has 0 radical (unpaired) electrons. The molecule has 1 heterocycles. The van der Waals surface area contributed by atoms with Crippen LogP contribution >= 0.6 is 0 Å². The van der Waals surface area contributed by atoms with Crippen molar-refractivity contribution in [1.29, 1.82) is 0 Å². The molecule has 1 aliphatic rings. The summed E-state index contributed by atoms with van der Waals surface area (Å²) in [6.45, 7) is 17.9. The second-order valence-electron chi connectivity index (χ2n) is 19.3. The lowest BCUT2D eigenvalue weighted by molar-refractivity contribution is -0.163. The van der Waals surface area contributed by atoms with Gasteiger partial charge in [-0.3, -0.25) is 47.9 Å². The molecule has 8 amide bonds. The van der Waals surface area contributed by atoms with E-state index in [1.165, 1.54) is 77.6 Å². The Balaban J connectivity index is 2.68. The van der Waals surface area contributed by atoms with E-state index in [1.54, 1.807) is 65.8 Å². The van der Waals surface area contributed by atoms with Crippen molar-refractivity contribution in [3.8, 4) is 5.75 Å². The molecule has 20 heteroatoms. The highest BCUT2D eigenvalue weighted by Crippen LogP contribution is 2.23. The number of esters is 1. The molecule has 0 saturated carbocycles. The van der Waals surface area contributed by atoms with Gasteiger partial charge in [0.2, 0.25) is 41.4 Å². The van der Waals surface area contributed by atoms with Crippen LogP contribution in [0.25, 0.3) is 0 Å². The predicted octanol–water partition coefficient (Wildman–Crippen LogP) is 1.37. The largest absolute Gasteiger partial charge is 0.497 e. The Bertz CT molecular complexity index is 2020. The van der Waals surface area contributed by atoms with Crippen molar-refractivity contribution in [2.75, 3.05) is 41.3 Å². The van der Waals surface area contributed by atoms with Crippen molar-refractivity contribution in [3.63, 3.8) is 0 Å². The first-order valence-corrected chi connectivity index (χ1v) is 23.7. The molecule has 1 saturated heterocycles. The van der Waals surface area contributed by atoms with Gasteiger partial charge in [0, 0.05) is 33.6 Å². The fourth-order valence-electron chi connectivity index (χ4n) is 8.03. The smallest absolute Gasteiger partial charge is 0.311 e. The van der Waals surface area contributed by atoms with E-state index in [0.717, 1.165) is 0 Å². The van der Waals surface area contributed by atoms with E-state index >= 15 is 0 Å². The molecular formula is C49H78N8O12. The van der Waals surface area contributed by atoms with Crippen molar-refractivity contribution in [2.45, 2.75) is 145 Å². The summed E-state index contributed by atoms with van der Waals surface area (Å²) in [7, 11) is 5.71. The molecule has 5 N–H and O–H groups in total. The highest BCUT2D eigenvalue weighted by Gasteiger charge is 2.43. The number of cyclic esters (lactones) is 1. The molecule has 1 aromatic carbocycles. The number of carbonyl (C=O) groups excluding carboxylic acids is 10. The van der Waals surface area contributed by atoms with Gasteiger partial charge in [-0.1, -0.05) is 67.0 Å². The highest BCUT2D eigenvalue weighted by molar-refractivity contribution is 6.09. The molecule has 0 spiro atoms. The van der Waals surface area contributed by atoms with E-state index in [0.29, 0.717) is 17.7 Å². The standard InChI is InChI=1S/C49H78N8O12/c1-17-28(7)39-44(63)50-24-36(58)56(14)38(26(3)4)46(65)55(13)35(23-32-19-21-33(68-16)22-20-32)43(62)52-30(9)41(60)49(11,12)48(67)53-31(10)42(61)54-34(18-2)29(8)47(66)69-40(27(5)6)45(64)51-25-37(59)57(39)15/h19-22,26-31,34-35,38-40H,17-18,23-25H2,1-16H3,(H,50,63)(H,51,64)(H,52,62)(H,53,67)(H,54,61)/t28-,29-,30-,31+,34+,35-,38?,39-,40-/m0/s1. The maximum absolute atomic E-state index is 14.6. The predicted molar refractivity (Wildman–Crippen MR) is 257 cm³/mol. The molecule has 1 unspecified atom stereocenters. The summed E-state index contributed by atoms with van der Waals surface area (Å²) in [6, 6.07) is 0.0441. The number of likely N-dealkylation sites (N-methyl/N-ethyl adjacent to an activating group) is 3. The third-order valence-corrected chi connectivity index (χ3v) is 13.0. The second-order valence-corrected chi connectivity index (χ2v) is 19.3. The molecule has 9 atom stereocenters. The number of hydrogen-bond acceptors (Lipinski definition) is 12. The number of methoxy groups -OCH3 is 1. The van der Waals surface area contributed by atoms with Crippen LogP contribution in [0.2, 0.25) is 0 Å². The van der Waals surface area contributed by atoms with Crippen LogP contribution < -0.4 is 31.3 Å². The summed E-state index contributed by atoms with van der Waals surface area (Å²) < 4.78 is 11.0. The molecule has 69 heavy (non-hydrogen) atoms. The van der Waals surface area contributed by atoms with Crippen LogP contribution in [0.15, 0.2) is 24.3 Å². The van der Waals surface area contributed by atoms with Gasteiger partial charge in [-0.2, -0.15) is 0 Å². The summed E-state index contributed by atoms with van der Waals surface area (Å²) in [5.74, 6) is -8.98. The molecule has 2 rings (SSSR count). The van der Waals surface area contributed by atoms with Gasteiger partial charge in [0.1, 0.15) is 35.3 Å². The Morgan fingerprint density at radius 2 is 1.22 bits per heavy atom. The number of amides is 8. The van der Waals surface area contributed by atoms with Crippen LogP contribution in [-0.2, 0) is 59.1 Å². The van der Waals surface area contributed by atoms with Gasteiger partial charge in [0.05, 0.1) is 32.2 Å². The first kappa shape index (κ1) is 59.0. The van der Waals surface area contributed by atoms with E-state index in [-0.39, 0.29) is 12.8 Å². The topological polar surface area (TPSA) is 259 Å². The molecule has 1 fully saturated rings. The Hall–Kier alpha value is -6.08. The number of nitrogens with zero attached hydrogens (tertiary/aromatic N) is 3. The van der Waals surface area contributed by atoms with Crippen molar-refractivity contribution in [3.05, 3.63) is 29.8 Å². The van der Waals surface area contributed by atoms with Crippen molar-refractivity contribution in [1.82, 2.24) is 41.3 Å². The number of carbonyl (C=O) groups is 10. The van der Waals surface area contributed by atoms with E-state index in [1.807, 2.05) is 6.92 Å². The monoisotopic (exact) mass is 971 g/mol.